The van der Waals surface area contributed by atoms with Crippen LogP contribution in [0.25, 0.3) is 10.2 Å². The fourth-order valence-electron chi connectivity index (χ4n) is 2.69. The van der Waals surface area contributed by atoms with Crippen LogP contribution < -0.4 is 10.1 Å². The molecule has 0 saturated carbocycles. The van der Waals surface area contributed by atoms with E-state index in [0.717, 1.165) is 43.6 Å². The fraction of sp³-hybridized carbons (Fsp3) is 0.588. The number of piperidine rings is 1. The van der Waals surface area contributed by atoms with Crippen LogP contribution in [0.1, 0.15) is 38.6 Å². The maximum Gasteiger partial charge on any atom is 0.146 e. The van der Waals surface area contributed by atoms with E-state index in [4.69, 9.17) is 9.72 Å². The summed E-state index contributed by atoms with van der Waals surface area (Å²) in [6.45, 7) is 8.86. The molecular weight excluding hydrogens is 280 g/mol. The zero-order chi connectivity index (χ0) is 14.9. The van der Waals surface area contributed by atoms with Gasteiger partial charge in [-0.3, -0.25) is 0 Å². The molecular formula is C17H24N2OS. The number of benzene rings is 1. The zero-order valence-electron chi connectivity index (χ0n) is 13.1. The number of nitrogens with zero attached hydrogens (tertiary/aromatic N) is 1. The molecule has 1 N–H and O–H groups in total. The van der Waals surface area contributed by atoms with E-state index in [1.54, 1.807) is 11.3 Å². The molecule has 1 aromatic carbocycles. The highest BCUT2D eigenvalue weighted by Gasteiger charge is 2.19. The second kappa shape index (κ2) is 5.93. The maximum atomic E-state index is 6.22. The molecule has 1 fully saturated rings. The molecule has 1 saturated heterocycles. The Kier molecular flexibility index (Phi) is 4.18. The Balaban J connectivity index is 1.84. The summed E-state index contributed by atoms with van der Waals surface area (Å²) in [5.74, 6) is 0.954. The monoisotopic (exact) mass is 304 g/mol. The molecule has 0 bridgehead atoms. The lowest BCUT2D eigenvalue weighted by Gasteiger charge is -2.23. The van der Waals surface area contributed by atoms with Crippen LogP contribution in [-0.4, -0.2) is 24.2 Å². The second-order valence-electron chi connectivity index (χ2n) is 7.02. The largest absolute Gasteiger partial charge is 0.488 e. The van der Waals surface area contributed by atoms with Crippen molar-refractivity contribution in [3.8, 4) is 5.75 Å². The Morgan fingerprint density at radius 2 is 2.05 bits per heavy atom. The molecule has 1 aromatic heterocycles. The topological polar surface area (TPSA) is 34.1 Å². The van der Waals surface area contributed by atoms with Crippen LogP contribution in [-0.2, 0) is 6.42 Å². The van der Waals surface area contributed by atoms with Crippen molar-refractivity contribution in [1.29, 1.82) is 0 Å². The minimum Gasteiger partial charge on any atom is -0.488 e. The molecule has 3 nitrogen and oxygen atoms in total. The van der Waals surface area contributed by atoms with Crippen molar-refractivity contribution in [2.45, 2.75) is 46.1 Å². The lowest BCUT2D eigenvalue weighted by Crippen LogP contribution is -2.34. The van der Waals surface area contributed by atoms with E-state index in [2.05, 4.69) is 44.3 Å². The molecule has 0 spiro atoms. The number of thiazole rings is 1. The van der Waals surface area contributed by atoms with Crippen LogP contribution in [0.15, 0.2) is 18.2 Å². The summed E-state index contributed by atoms with van der Waals surface area (Å²) in [5, 5.41) is 4.58. The molecule has 114 valence electrons. The highest BCUT2D eigenvalue weighted by Crippen LogP contribution is 2.33. The molecule has 4 heteroatoms. The quantitative estimate of drug-likeness (QED) is 0.930. The summed E-state index contributed by atoms with van der Waals surface area (Å²) in [7, 11) is 0. The van der Waals surface area contributed by atoms with Crippen LogP contribution in [0, 0.1) is 5.41 Å². The Hall–Kier alpha value is -1.13. The molecule has 2 aromatic rings. The first kappa shape index (κ1) is 14.8. The third kappa shape index (κ3) is 3.74. The number of ether oxygens (including phenoxy) is 1. The molecule has 1 aliphatic heterocycles. The van der Waals surface area contributed by atoms with E-state index in [1.807, 2.05) is 0 Å². The van der Waals surface area contributed by atoms with Crippen molar-refractivity contribution >= 4 is 21.6 Å². The van der Waals surface area contributed by atoms with E-state index in [0.29, 0.717) is 6.10 Å². The van der Waals surface area contributed by atoms with Crippen molar-refractivity contribution in [3.05, 3.63) is 23.2 Å². The Labute approximate surface area is 130 Å². The third-order valence-electron chi connectivity index (χ3n) is 3.69. The lowest BCUT2D eigenvalue weighted by molar-refractivity contribution is 0.164. The van der Waals surface area contributed by atoms with Gasteiger partial charge >= 0.3 is 0 Å². The molecule has 0 atom stereocenters. The summed E-state index contributed by atoms with van der Waals surface area (Å²) in [4.78, 5) is 4.84. The highest BCUT2D eigenvalue weighted by molar-refractivity contribution is 7.18. The molecule has 21 heavy (non-hydrogen) atoms. The lowest BCUT2D eigenvalue weighted by atomic mass is 9.93. The highest BCUT2D eigenvalue weighted by atomic mass is 32.1. The van der Waals surface area contributed by atoms with Crippen molar-refractivity contribution in [1.82, 2.24) is 10.3 Å². The van der Waals surface area contributed by atoms with Gasteiger partial charge in [0.25, 0.3) is 0 Å². The van der Waals surface area contributed by atoms with Gasteiger partial charge in [-0.1, -0.05) is 26.8 Å². The van der Waals surface area contributed by atoms with E-state index in [1.165, 1.54) is 9.71 Å². The van der Waals surface area contributed by atoms with E-state index in [9.17, 15) is 0 Å². The van der Waals surface area contributed by atoms with Crippen molar-refractivity contribution < 1.29 is 4.74 Å². The minimum absolute atomic E-state index is 0.268. The zero-order valence-corrected chi connectivity index (χ0v) is 13.9. The number of hydrogen-bond donors (Lipinski definition) is 1. The number of aromatic nitrogens is 1. The van der Waals surface area contributed by atoms with Gasteiger partial charge in [-0.2, -0.15) is 0 Å². The van der Waals surface area contributed by atoms with E-state index in [-0.39, 0.29) is 5.41 Å². The van der Waals surface area contributed by atoms with Crippen molar-refractivity contribution in [2.75, 3.05) is 13.1 Å². The summed E-state index contributed by atoms with van der Waals surface area (Å²) in [5.41, 5.74) is 1.31. The first-order valence-electron chi connectivity index (χ1n) is 7.77. The number of hydrogen-bond acceptors (Lipinski definition) is 4. The van der Waals surface area contributed by atoms with Crippen molar-refractivity contribution in [3.63, 3.8) is 0 Å². The predicted octanol–water partition coefficient (Wildman–Crippen LogP) is 4.02. The number of fused-ring (bicyclic) bond motifs is 1. The van der Waals surface area contributed by atoms with Gasteiger partial charge in [0.2, 0.25) is 0 Å². The van der Waals surface area contributed by atoms with Crippen LogP contribution in [0.3, 0.4) is 0 Å². The standard InChI is InChI=1S/C17H24N2OS/c1-17(2,3)11-15-19-16-13(5-4-6-14(16)21-15)20-12-7-9-18-10-8-12/h4-6,12,18H,7-11H2,1-3H3. The number of para-hydroxylation sites is 1. The van der Waals surface area contributed by atoms with Crippen LogP contribution in [0.5, 0.6) is 5.75 Å². The average molecular weight is 304 g/mol. The number of nitrogens with one attached hydrogen (secondary N) is 1. The smallest absolute Gasteiger partial charge is 0.146 e. The summed E-state index contributed by atoms with van der Waals surface area (Å²) >= 11 is 1.80. The van der Waals surface area contributed by atoms with Crippen molar-refractivity contribution in [2.24, 2.45) is 5.41 Å². The molecule has 0 aliphatic carbocycles. The van der Waals surface area contributed by atoms with Gasteiger partial charge in [0, 0.05) is 6.42 Å². The fourth-order valence-corrected chi connectivity index (χ4v) is 3.97. The predicted molar refractivity (Wildman–Crippen MR) is 89.3 cm³/mol. The van der Waals surface area contributed by atoms with Crippen LogP contribution in [0.4, 0.5) is 0 Å². The Morgan fingerprint density at radius 3 is 2.76 bits per heavy atom. The van der Waals surface area contributed by atoms with Gasteiger partial charge in [0.05, 0.1) is 9.71 Å². The van der Waals surface area contributed by atoms with Gasteiger partial charge in [-0.05, 0) is 43.5 Å². The molecule has 0 amide bonds. The SMILES string of the molecule is CC(C)(C)Cc1nc2c(OC3CCNCC3)cccc2s1. The first-order chi connectivity index (χ1) is 10.0. The summed E-state index contributed by atoms with van der Waals surface area (Å²) in [6.07, 6.45) is 3.49. The molecule has 0 radical (unpaired) electrons. The second-order valence-corrected chi connectivity index (χ2v) is 8.13. The first-order valence-corrected chi connectivity index (χ1v) is 8.59. The molecule has 2 heterocycles. The molecule has 1 aliphatic rings. The third-order valence-corrected chi connectivity index (χ3v) is 4.71. The maximum absolute atomic E-state index is 6.22. The van der Waals surface area contributed by atoms with Gasteiger partial charge in [0.15, 0.2) is 0 Å². The van der Waals surface area contributed by atoms with Gasteiger partial charge in [-0.25, -0.2) is 4.98 Å². The van der Waals surface area contributed by atoms with Crippen LogP contribution >= 0.6 is 11.3 Å². The van der Waals surface area contributed by atoms with Crippen LogP contribution in [0.2, 0.25) is 0 Å². The minimum atomic E-state index is 0.268. The van der Waals surface area contributed by atoms with Gasteiger partial charge < -0.3 is 10.1 Å². The van der Waals surface area contributed by atoms with E-state index >= 15 is 0 Å². The van der Waals surface area contributed by atoms with Gasteiger partial charge in [0.1, 0.15) is 17.4 Å². The Morgan fingerprint density at radius 1 is 1.29 bits per heavy atom. The Bertz CT molecular complexity index is 609. The summed E-state index contributed by atoms with van der Waals surface area (Å²) < 4.78 is 7.45. The summed E-state index contributed by atoms with van der Waals surface area (Å²) in [6, 6.07) is 6.29. The number of rotatable bonds is 3. The normalized spacial score (nSPS) is 17.3. The van der Waals surface area contributed by atoms with E-state index < -0.39 is 0 Å². The molecule has 3 rings (SSSR count). The van der Waals surface area contributed by atoms with Gasteiger partial charge in [-0.15, -0.1) is 11.3 Å². The molecule has 0 unspecified atom stereocenters. The average Bonchev–Trinajstić information content (AvgIpc) is 2.81.